The number of hydrogen-bond acceptors (Lipinski definition) is 6. The summed E-state index contributed by atoms with van der Waals surface area (Å²) in [5.74, 6) is -0.0351. The molecule has 0 aliphatic carbocycles. The van der Waals surface area contributed by atoms with Crippen LogP contribution in [0.2, 0.25) is 10.0 Å². The monoisotopic (exact) mass is 585 g/mol. The molecule has 0 spiro atoms. The molecule has 1 N–H and O–H groups in total. The summed E-state index contributed by atoms with van der Waals surface area (Å²) < 4.78 is 38.4. The Hall–Kier alpha value is -2.69. The van der Waals surface area contributed by atoms with E-state index in [1.54, 1.807) is 37.3 Å². The van der Waals surface area contributed by atoms with Crippen LogP contribution < -0.4 is 19.1 Å². The second kappa shape index (κ2) is 12.9. The van der Waals surface area contributed by atoms with Crippen LogP contribution >= 0.6 is 23.2 Å². The highest BCUT2D eigenvalue weighted by Crippen LogP contribution is 2.35. The highest BCUT2D eigenvalue weighted by atomic mass is 35.5. The molecule has 3 rings (SSSR count). The molecule has 0 radical (unpaired) electrons. The molecule has 0 fully saturated rings. The van der Waals surface area contributed by atoms with Crippen molar-refractivity contribution in [3.05, 3.63) is 52.0 Å². The van der Waals surface area contributed by atoms with Crippen molar-refractivity contribution >= 4 is 50.7 Å². The summed E-state index contributed by atoms with van der Waals surface area (Å²) in [5.41, 5.74) is 0.899. The summed E-state index contributed by atoms with van der Waals surface area (Å²) in [4.78, 5) is 28.0. The average molecular weight is 587 g/mol. The molecular formula is C26H33Cl2N3O6S. The lowest BCUT2D eigenvalue weighted by atomic mass is 10.1. The van der Waals surface area contributed by atoms with E-state index >= 15 is 0 Å². The average Bonchev–Trinajstić information content (AvgIpc) is 2.89. The molecular weight excluding hydrogens is 553 g/mol. The standard InChI is InChI=1S/C26H33Cl2N3O6S/c1-5-38(34,35)31(20-7-9-23-24(13-20)37-11-10-36-23)16-25(32)30(18(4)26(33)29-14-17(2)3)15-19-6-8-21(27)22(28)12-19/h6-9,12-13,17-18H,5,10-11,14-16H2,1-4H3,(H,29,33)/t18-/m0/s1. The Morgan fingerprint density at radius 1 is 1.00 bits per heavy atom. The van der Waals surface area contributed by atoms with Crippen LogP contribution in [0.3, 0.4) is 0 Å². The maximum absolute atomic E-state index is 13.7. The van der Waals surface area contributed by atoms with Gasteiger partial charge in [-0.1, -0.05) is 43.1 Å². The van der Waals surface area contributed by atoms with Crippen molar-refractivity contribution in [2.45, 2.75) is 40.3 Å². The predicted molar refractivity (Wildman–Crippen MR) is 149 cm³/mol. The fourth-order valence-corrected chi connectivity index (χ4v) is 5.15. The van der Waals surface area contributed by atoms with Crippen LogP contribution in [0, 0.1) is 5.92 Å². The number of sulfonamides is 1. The lowest BCUT2D eigenvalue weighted by molar-refractivity contribution is -0.139. The molecule has 208 valence electrons. The molecule has 1 atom stereocenters. The Morgan fingerprint density at radius 2 is 1.68 bits per heavy atom. The number of benzene rings is 2. The van der Waals surface area contributed by atoms with E-state index in [1.807, 2.05) is 13.8 Å². The Bertz CT molecular complexity index is 1270. The summed E-state index contributed by atoms with van der Waals surface area (Å²) >= 11 is 12.2. The van der Waals surface area contributed by atoms with E-state index in [4.69, 9.17) is 32.7 Å². The quantitative estimate of drug-likeness (QED) is 0.425. The van der Waals surface area contributed by atoms with Gasteiger partial charge >= 0.3 is 0 Å². The number of nitrogens with zero attached hydrogens (tertiary/aromatic N) is 2. The van der Waals surface area contributed by atoms with Gasteiger partial charge in [0.2, 0.25) is 21.8 Å². The zero-order valence-electron chi connectivity index (χ0n) is 21.9. The lowest BCUT2D eigenvalue weighted by Gasteiger charge is -2.32. The molecule has 2 aromatic carbocycles. The van der Waals surface area contributed by atoms with Gasteiger partial charge in [0, 0.05) is 19.2 Å². The van der Waals surface area contributed by atoms with Crippen molar-refractivity contribution in [1.82, 2.24) is 10.2 Å². The van der Waals surface area contributed by atoms with Crippen LogP contribution in [0.4, 0.5) is 5.69 Å². The van der Waals surface area contributed by atoms with Crippen LogP contribution in [0.15, 0.2) is 36.4 Å². The number of rotatable bonds is 11. The number of hydrogen-bond donors (Lipinski definition) is 1. The van der Waals surface area contributed by atoms with Gasteiger partial charge in [0.25, 0.3) is 0 Å². The van der Waals surface area contributed by atoms with Crippen molar-refractivity contribution in [2.24, 2.45) is 5.92 Å². The van der Waals surface area contributed by atoms with Crippen LogP contribution in [0.5, 0.6) is 11.5 Å². The molecule has 2 aromatic rings. The predicted octanol–water partition coefficient (Wildman–Crippen LogP) is 4.11. The number of amides is 2. The maximum Gasteiger partial charge on any atom is 0.244 e. The fourth-order valence-electron chi connectivity index (χ4n) is 3.78. The third-order valence-corrected chi connectivity index (χ3v) is 8.46. The minimum absolute atomic E-state index is 0.0210. The summed E-state index contributed by atoms with van der Waals surface area (Å²) in [7, 11) is -3.87. The van der Waals surface area contributed by atoms with Crippen molar-refractivity contribution < 1.29 is 27.5 Å². The molecule has 1 aliphatic heterocycles. The molecule has 0 unspecified atom stereocenters. The zero-order valence-corrected chi connectivity index (χ0v) is 24.2. The van der Waals surface area contributed by atoms with Crippen molar-refractivity contribution in [3.63, 3.8) is 0 Å². The molecule has 2 amide bonds. The summed E-state index contributed by atoms with van der Waals surface area (Å²) in [6.07, 6.45) is 0. The van der Waals surface area contributed by atoms with Gasteiger partial charge < -0.3 is 19.7 Å². The zero-order chi connectivity index (χ0) is 28.0. The normalized spacial score (nSPS) is 13.7. The van der Waals surface area contributed by atoms with Gasteiger partial charge in [-0.25, -0.2) is 8.42 Å². The SMILES string of the molecule is CCS(=O)(=O)N(CC(=O)N(Cc1ccc(Cl)c(Cl)c1)[C@@H](C)C(=O)NCC(C)C)c1ccc2c(c1)OCCO2. The Balaban J connectivity index is 1.94. The third-order valence-electron chi connectivity index (χ3n) is 5.98. The van der Waals surface area contributed by atoms with Gasteiger partial charge in [0.15, 0.2) is 11.5 Å². The second-order valence-corrected chi connectivity index (χ2v) is 12.3. The van der Waals surface area contributed by atoms with Crippen LogP contribution in [-0.4, -0.2) is 63.2 Å². The number of halogens is 2. The van der Waals surface area contributed by atoms with E-state index in [-0.39, 0.29) is 29.8 Å². The van der Waals surface area contributed by atoms with E-state index < -0.39 is 28.5 Å². The number of carbonyl (C=O) groups excluding carboxylic acids is 2. The third kappa shape index (κ3) is 7.45. The highest BCUT2D eigenvalue weighted by Gasteiger charge is 2.31. The molecule has 38 heavy (non-hydrogen) atoms. The Morgan fingerprint density at radius 3 is 2.32 bits per heavy atom. The van der Waals surface area contributed by atoms with Crippen molar-refractivity contribution in [3.8, 4) is 11.5 Å². The van der Waals surface area contributed by atoms with Crippen molar-refractivity contribution in [2.75, 3.05) is 36.4 Å². The number of nitrogens with one attached hydrogen (secondary N) is 1. The largest absolute Gasteiger partial charge is 0.486 e. The Kier molecular flexibility index (Phi) is 10.1. The summed E-state index contributed by atoms with van der Waals surface area (Å²) in [6, 6.07) is 8.75. The molecule has 9 nitrogen and oxygen atoms in total. The highest BCUT2D eigenvalue weighted by molar-refractivity contribution is 7.92. The number of anilines is 1. The van der Waals surface area contributed by atoms with E-state index in [2.05, 4.69) is 5.32 Å². The first kappa shape index (κ1) is 29.9. The lowest BCUT2D eigenvalue weighted by Crippen LogP contribution is -2.51. The molecule has 1 aliphatic rings. The number of fused-ring (bicyclic) bond motifs is 1. The van der Waals surface area contributed by atoms with E-state index in [0.717, 1.165) is 4.31 Å². The molecule has 0 aromatic heterocycles. The van der Waals surface area contributed by atoms with Gasteiger partial charge in [-0.15, -0.1) is 0 Å². The molecule has 1 heterocycles. The van der Waals surface area contributed by atoms with E-state index in [9.17, 15) is 18.0 Å². The fraction of sp³-hybridized carbons (Fsp3) is 0.462. The first-order valence-electron chi connectivity index (χ1n) is 12.3. The summed E-state index contributed by atoms with van der Waals surface area (Å²) in [6.45, 7) is 7.69. The summed E-state index contributed by atoms with van der Waals surface area (Å²) in [5, 5.41) is 3.50. The van der Waals surface area contributed by atoms with Gasteiger partial charge in [0.1, 0.15) is 25.8 Å². The number of ether oxygens (including phenoxy) is 2. The number of carbonyl (C=O) groups is 2. The van der Waals surface area contributed by atoms with Gasteiger partial charge in [-0.05, 0) is 49.6 Å². The maximum atomic E-state index is 13.7. The van der Waals surface area contributed by atoms with E-state index in [0.29, 0.717) is 46.9 Å². The van der Waals surface area contributed by atoms with Crippen LogP contribution in [-0.2, 0) is 26.2 Å². The minimum atomic E-state index is -3.87. The van der Waals surface area contributed by atoms with Gasteiger partial charge in [-0.2, -0.15) is 0 Å². The molecule has 0 bridgehead atoms. The van der Waals surface area contributed by atoms with Gasteiger partial charge in [0.05, 0.1) is 21.5 Å². The first-order chi connectivity index (χ1) is 17.9. The molecule has 0 saturated carbocycles. The molecule has 12 heteroatoms. The smallest absolute Gasteiger partial charge is 0.244 e. The van der Waals surface area contributed by atoms with Gasteiger partial charge in [-0.3, -0.25) is 13.9 Å². The topological polar surface area (TPSA) is 105 Å². The van der Waals surface area contributed by atoms with E-state index in [1.165, 1.54) is 17.9 Å². The first-order valence-corrected chi connectivity index (χ1v) is 14.7. The second-order valence-electron chi connectivity index (χ2n) is 9.32. The molecule has 0 saturated heterocycles. The minimum Gasteiger partial charge on any atom is -0.486 e. The van der Waals surface area contributed by atoms with Crippen LogP contribution in [0.1, 0.15) is 33.3 Å². The van der Waals surface area contributed by atoms with Crippen molar-refractivity contribution in [1.29, 1.82) is 0 Å². The Labute approximate surface area is 234 Å². The van der Waals surface area contributed by atoms with Crippen LogP contribution in [0.25, 0.3) is 0 Å².